The number of anilines is 3. The number of aromatic nitrogens is 1. The molecule has 0 aliphatic carbocycles. The maximum absolute atomic E-state index is 6.61. The zero-order valence-electron chi connectivity index (χ0n) is 31.1. The van der Waals surface area contributed by atoms with Crippen molar-refractivity contribution >= 4 is 60.8 Å². The second kappa shape index (κ2) is 13.6. The van der Waals surface area contributed by atoms with E-state index in [1.165, 1.54) is 27.4 Å². The molecule has 0 saturated carbocycles. The zero-order valence-corrected chi connectivity index (χ0v) is 31.1. The van der Waals surface area contributed by atoms with E-state index in [2.05, 4.69) is 222 Å². The molecule has 268 valence electrons. The Morgan fingerprint density at radius 2 is 0.965 bits per heavy atom. The van der Waals surface area contributed by atoms with Crippen LogP contribution < -0.4 is 4.90 Å². The Labute approximate surface area is 330 Å². The number of fused-ring (bicyclic) bond motifs is 6. The standard InChI is InChI=1S/C54H36N2O/c1-4-16-37(17-5-1)38-30-33-42(34-31-38)56(50-28-15-27-49-53(50)47-23-10-12-26-48(47)55(49)41-20-8-3-9-21-41)51-36-40(32-35-43(51)39-18-6-2-7-19-39)44-24-14-25-46-45-22-11-13-29-52(45)57-54(44)46/h1-36H. The van der Waals surface area contributed by atoms with Crippen molar-refractivity contribution in [2.75, 3.05) is 4.90 Å². The van der Waals surface area contributed by atoms with Gasteiger partial charge in [0.1, 0.15) is 11.2 Å². The van der Waals surface area contributed by atoms with Crippen LogP contribution in [0.5, 0.6) is 0 Å². The van der Waals surface area contributed by atoms with Gasteiger partial charge >= 0.3 is 0 Å². The predicted octanol–water partition coefficient (Wildman–Crippen LogP) is 15.2. The highest BCUT2D eigenvalue weighted by atomic mass is 16.3. The van der Waals surface area contributed by atoms with Crippen molar-refractivity contribution in [3.63, 3.8) is 0 Å². The molecule has 0 aliphatic heterocycles. The van der Waals surface area contributed by atoms with E-state index in [1.54, 1.807) is 0 Å². The first-order chi connectivity index (χ1) is 28.3. The first-order valence-electron chi connectivity index (χ1n) is 19.4. The third kappa shape index (κ3) is 5.51. The van der Waals surface area contributed by atoms with Crippen LogP contribution in [0.1, 0.15) is 0 Å². The molecule has 3 nitrogen and oxygen atoms in total. The Morgan fingerprint density at radius 1 is 0.368 bits per heavy atom. The number of nitrogens with zero attached hydrogens (tertiary/aromatic N) is 2. The van der Waals surface area contributed by atoms with Crippen LogP contribution in [0.4, 0.5) is 17.1 Å². The van der Waals surface area contributed by atoms with Gasteiger partial charge in [-0.05, 0) is 76.9 Å². The van der Waals surface area contributed by atoms with Crippen molar-refractivity contribution in [3.05, 3.63) is 218 Å². The highest BCUT2D eigenvalue weighted by molar-refractivity contribution is 6.17. The quantitative estimate of drug-likeness (QED) is 0.163. The Balaban J connectivity index is 1.22. The molecule has 0 radical (unpaired) electrons. The van der Waals surface area contributed by atoms with E-state index in [-0.39, 0.29) is 0 Å². The molecule has 0 spiro atoms. The van der Waals surface area contributed by atoms with Crippen molar-refractivity contribution in [2.24, 2.45) is 0 Å². The van der Waals surface area contributed by atoms with Crippen LogP contribution in [-0.2, 0) is 0 Å². The van der Waals surface area contributed by atoms with E-state index in [0.29, 0.717) is 0 Å². The van der Waals surface area contributed by atoms with Gasteiger partial charge in [-0.1, -0.05) is 164 Å². The Morgan fingerprint density at radius 3 is 1.75 bits per heavy atom. The zero-order chi connectivity index (χ0) is 37.7. The number of hydrogen-bond acceptors (Lipinski definition) is 2. The van der Waals surface area contributed by atoms with Crippen LogP contribution in [0, 0.1) is 0 Å². The van der Waals surface area contributed by atoms with E-state index in [1.807, 2.05) is 6.07 Å². The maximum atomic E-state index is 6.61. The lowest BCUT2D eigenvalue weighted by molar-refractivity contribution is 0.670. The summed E-state index contributed by atoms with van der Waals surface area (Å²) in [6.45, 7) is 0. The van der Waals surface area contributed by atoms with E-state index in [4.69, 9.17) is 4.42 Å². The van der Waals surface area contributed by atoms with Crippen molar-refractivity contribution in [2.45, 2.75) is 0 Å². The van der Waals surface area contributed by atoms with Gasteiger partial charge in [0, 0.05) is 44.0 Å². The fraction of sp³-hybridized carbons (Fsp3) is 0. The highest BCUT2D eigenvalue weighted by Gasteiger charge is 2.24. The van der Waals surface area contributed by atoms with Crippen LogP contribution in [0.25, 0.3) is 82.8 Å². The molecule has 2 aromatic heterocycles. The molecule has 0 atom stereocenters. The summed E-state index contributed by atoms with van der Waals surface area (Å²) < 4.78 is 9.00. The molecule has 11 rings (SSSR count). The molecule has 0 saturated heterocycles. The number of furan rings is 1. The summed E-state index contributed by atoms with van der Waals surface area (Å²) in [5.41, 5.74) is 15.2. The molecule has 0 N–H and O–H groups in total. The second-order valence-electron chi connectivity index (χ2n) is 14.5. The molecular weight excluding hydrogens is 693 g/mol. The summed E-state index contributed by atoms with van der Waals surface area (Å²) in [5, 5.41) is 4.62. The molecule has 0 unspecified atom stereocenters. The molecule has 2 heterocycles. The summed E-state index contributed by atoms with van der Waals surface area (Å²) in [4.78, 5) is 2.46. The summed E-state index contributed by atoms with van der Waals surface area (Å²) in [6, 6.07) is 78.2. The number of rotatable bonds is 7. The lowest BCUT2D eigenvalue weighted by Crippen LogP contribution is -2.12. The van der Waals surface area contributed by atoms with E-state index >= 15 is 0 Å². The van der Waals surface area contributed by atoms with Gasteiger partial charge in [-0.25, -0.2) is 0 Å². The minimum Gasteiger partial charge on any atom is -0.455 e. The van der Waals surface area contributed by atoms with Gasteiger partial charge in [-0.15, -0.1) is 0 Å². The lowest BCUT2D eigenvalue weighted by Gasteiger charge is -2.29. The number of para-hydroxylation sites is 4. The van der Waals surface area contributed by atoms with Crippen LogP contribution in [-0.4, -0.2) is 4.57 Å². The van der Waals surface area contributed by atoms with Crippen molar-refractivity contribution < 1.29 is 4.42 Å². The second-order valence-corrected chi connectivity index (χ2v) is 14.5. The number of hydrogen-bond donors (Lipinski definition) is 0. The molecule has 57 heavy (non-hydrogen) atoms. The van der Waals surface area contributed by atoms with E-state index < -0.39 is 0 Å². The normalized spacial score (nSPS) is 11.5. The fourth-order valence-electron chi connectivity index (χ4n) is 8.60. The molecule has 0 amide bonds. The lowest BCUT2D eigenvalue weighted by atomic mass is 9.95. The van der Waals surface area contributed by atoms with Gasteiger partial charge in [0.25, 0.3) is 0 Å². The monoisotopic (exact) mass is 728 g/mol. The van der Waals surface area contributed by atoms with Crippen LogP contribution >= 0.6 is 0 Å². The van der Waals surface area contributed by atoms with Gasteiger partial charge in [-0.3, -0.25) is 0 Å². The highest BCUT2D eigenvalue weighted by Crippen LogP contribution is 2.48. The fourth-order valence-corrected chi connectivity index (χ4v) is 8.60. The molecule has 0 aliphatic rings. The summed E-state index contributed by atoms with van der Waals surface area (Å²) in [7, 11) is 0. The molecule has 9 aromatic carbocycles. The van der Waals surface area contributed by atoms with Gasteiger partial charge in [0.05, 0.1) is 22.4 Å². The topological polar surface area (TPSA) is 21.3 Å². The summed E-state index contributed by atoms with van der Waals surface area (Å²) >= 11 is 0. The van der Waals surface area contributed by atoms with Gasteiger partial charge in [0.2, 0.25) is 0 Å². The van der Waals surface area contributed by atoms with Crippen molar-refractivity contribution in [1.29, 1.82) is 0 Å². The Hall–Kier alpha value is -7.62. The predicted molar refractivity (Wildman–Crippen MR) is 239 cm³/mol. The van der Waals surface area contributed by atoms with Crippen LogP contribution in [0.2, 0.25) is 0 Å². The average Bonchev–Trinajstić information content (AvgIpc) is 3.84. The van der Waals surface area contributed by atoms with E-state index in [9.17, 15) is 0 Å². The summed E-state index contributed by atoms with van der Waals surface area (Å²) in [5.74, 6) is 0. The molecule has 11 aromatic rings. The van der Waals surface area contributed by atoms with Crippen molar-refractivity contribution in [3.8, 4) is 39.1 Å². The maximum Gasteiger partial charge on any atom is 0.143 e. The van der Waals surface area contributed by atoms with Crippen LogP contribution in [0.15, 0.2) is 223 Å². The third-order valence-corrected chi connectivity index (χ3v) is 11.2. The minimum atomic E-state index is 0.891. The van der Waals surface area contributed by atoms with Crippen LogP contribution in [0.3, 0.4) is 0 Å². The smallest absolute Gasteiger partial charge is 0.143 e. The first kappa shape index (κ1) is 32.8. The largest absolute Gasteiger partial charge is 0.455 e. The van der Waals surface area contributed by atoms with Gasteiger partial charge < -0.3 is 13.9 Å². The van der Waals surface area contributed by atoms with Gasteiger partial charge in [-0.2, -0.15) is 0 Å². The third-order valence-electron chi connectivity index (χ3n) is 11.2. The first-order valence-corrected chi connectivity index (χ1v) is 19.4. The molecular formula is C54H36N2O. The average molecular weight is 729 g/mol. The van der Waals surface area contributed by atoms with E-state index in [0.717, 1.165) is 72.5 Å². The Bertz CT molecular complexity index is 3220. The Kier molecular flexibility index (Phi) is 7.82. The number of benzene rings is 9. The minimum absolute atomic E-state index is 0.891. The molecule has 0 bridgehead atoms. The SMILES string of the molecule is c1ccc(-c2ccc(N(c3cc(-c4cccc5c4oc4ccccc45)ccc3-c3ccccc3)c3cccc4c3c3ccccc3n4-c3ccccc3)cc2)cc1. The van der Waals surface area contributed by atoms with Crippen molar-refractivity contribution in [1.82, 2.24) is 4.57 Å². The van der Waals surface area contributed by atoms with Gasteiger partial charge in [0.15, 0.2) is 0 Å². The molecule has 3 heteroatoms. The molecule has 0 fully saturated rings. The summed E-state index contributed by atoms with van der Waals surface area (Å²) in [6.07, 6.45) is 0.